The molecule has 0 unspecified atom stereocenters. The molecule has 0 aliphatic heterocycles. The van der Waals surface area contributed by atoms with Crippen LogP contribution in [0.5, 0.6) is 0 Å². The lowest BCUT2D eigenvalue weighted by Crippen LogP contribution is -2.17. The van der Waals surface area contributed by atoms with Gasteiger partial charge in [0.25, 0.3) is 11.3 Å². The molecule has 0 saturated carbocycles. The van der Waals surface area contributed by atoms with E-state index in [0.717, 1.165) is 16.8 Å². The van der Waals surface area contributed by atoms with Crippen LogP contribution in [0.2, 0.25) is 0 Å². The quantitative estimate of drug-likeness (QED) is 0.470. The smallest absolute Gasteiger partial charge is 0.274 e. The van der Waals surface area contributed by atoms with Crippen molar-refractivity contribution in [1.29, 1.82) is 0 Å². The summed E-state index contributed by atoms with van der Waals surface area (Å²) in [5.41, 5.74) is 6.21. The maximum absolute atomic E-state index is 12.4. The Hall–Kier alpha value is -3.61. The number of H-pyrrole nitrogens is 1. The molecule has 7 heteroatoms. The van der Waals surface area contributed by atoms with Gasteiger partial charge in [0.15, 0.2) is 0 Å². The first-order valence-electron chi connectivity index (χ1n) is 9.57. The highest BCUT2D eigenvalue weighted by Crippen LogP contribution is 2.16. The zero-order valence-electron chi connectivity index (χ0n) is 16.8. The van der Waals surface area contributed by atoms with Crippen LogP contribution in [0.3, 0.4) is 0 Å². The predicted molar refractivity (Wildman–Crippen MR) is 115 cm³/mol. The van der Waals surface area contributed by atoms with Gasteiger partial charge in [-0.2, -0.15) is 9.50 Å². The number of aromatic amines is 1. The minimum Gasteiger partial charge on any atom is -0.379 e. The Morgan fingerprint density at radius 3 is 2.41 bits per heavy atom. The van der Waals surface area contributed by atoms with Crippen LogP contribution >= 0.6 is 0 Å². The van der Waals surface area contributed by atoms with Crippen molar-refractivity contribution in [2.75, 3.05) is 10.6 Å². The molecule has 0 amide bonds. The highest BCUT2D eigenvalue weighted by molar-refractivity contribution is 5.52. The molecule has 0 radical (unpaired) electrons. The normalized spacial score (nSPS) is 11.0. The molecule has 0 atom stereocenters. The van der Waals surface area contributed by atoms with E-state index < -0.39 is 0 Å². The largest absolute Gasteiger partial charge is 0.379 e. The molecule has 3 N–H and O–H groups in total. The first-order chi connectivity index (χ1) is 14.0. The van der Waals surface area contributed by atoms with Crippen LogP contribution < -0.4 is 16.2 Å². The van der Waals surface area contributed by atoms with Crippen molar-refractivity contribution in [3.05, 3.63) is 86.8 Å². The maximum atomic E-state index is 12.4. The molecular weight excluding hydrogens is 364 g/mol. The second-order valence-electron chi connectivity index (χ2n) is 7.30. The SMILES string of the molecule is Cc1ccc(CNc2nc3nc(CNc4ccc(C)cc4C)cc(=O)n3[nH]2)cc1. The molecule has 148 valence electrons. The van der Waals surface area contributed by atoms with Gasteiger partial charge in [-0.3, -0.25) is 9.89 Å². The number of hydrogen-bond donors (Lipinski definition) is 3. The third-order valence-electron chi connectivity index (χ3n) is 4.81. The van der Waals surface area contributed by atoms with E-state index >= 15 is 0 Å². The maximum Gasteiger partial charge on any atom is 0.274 e. The second kappa shape index (κ2) is 7.79. The van der Waals surface area contributed by atoms with Crippen LogP contribution in [0.25, 0.3) is 5.78 Å². The van der Waals surface area contributed by atoms with Crippen molar-refractivity contribution in [3.63, 3.8) is 0 Å². The summed E-state index contributed by atoms with van der Waals surface area (Å²) in [5, 5.41) is 9.51. The number of aryl methyl sites for hydroxylation is 3. The lowest BCUT2D eigenvalue weighted by Gasteiger charge is -2.09. The summed E-state index contributed by atoms with van der Waals surface area (Å²) in [6, 6.07) is 16.0. The Kier molecular flexibility index (Phi) is 5.03. The Morgan fingerprint density at radius 2 is 1.66 bits per heavy atom. The van der Waals surface area contributed by atoms with E-state index in [-0.39, 0.29) is 5.56 Å². The Labute approximate surface area is 168 Å². The molecule has 0 bridgehead atoms. The standard InChI is InChI=1S/C22H24N6O/c1-14-4-7-17(8-5-14)12-24-21-26-22-25-18(11-20(29)28(22)27-21)13-23-19-9-6-15(2)10-16(19)3/h4-11,23H,12-13H2,1-3H3,(H2,24,25,26,27). The zero-order chi connectivity index (χ0) is 20.4. The average Bonchev–Trinajstić information content (AvgIpc) is 3.10. The van der Waals surface area contributed by atoms with Gasteiger partial charge in [0.2, 0.25) is 5.95 Å². The summed E-state index contributed by atoms with van der Waals surface area (Å²) in [7, 11) is 0. The number of nitrogens with zero attached hydrogens (tertiary/aromatic N) is 3. The Balaban J connectivity index is 1.49. The number of fused-ring (bicyclic) bond motifs is 1. The van der Waals surface area contributed by atoms with Gasteiger partial charge in [0.1, 0.15) is 0 Å². The number of rotatable bonds is 6. The molecule has 0 aliphatic carbocycles. The Morgan fingerprint density at radius 1 is 0.897 bits per heavy atom. The van der Waals surface area contributed by atoms with Crippen molar-refractivity contribution < 1.29 is 0 Å². The van der Waals surface area contributed by atoms with Crippen molar-refractivity contribution in [1.82, 2.24) is 19.6 Å². The molecule has 2 aromatic carbocycles. The van der Waals surface area contributed by atoms with E-state index in [2.05, 4.69) is 82.9 Å². The predicted octanol–water partition coefficient (Wildman–Crippen LogP) is 3.57. The summed E-state index contributed by atoms with van der Waals surface area (Å²) in [4.78, 5) is 21.4. The molecule has 4 rings (SSSR count). The number of hydrogen-bond acceptors (Lipinski definition) is 5. The summed E-state index contributed by atoms with van der Waals surface area (Å²) >= 11 is 0. The highest BCUT2D eigenvalue weighted by atomic mass is 16.1. The van der Waals surface area contributed by atoms with Crippen LogP contribution in [0.15, 0.2) is 53.3 Å². The van der Waals surface area contributed by atoms with E-state index in [1.54, 1.807) is 0 Å². The monoisotopic (exact) mass is 388 g/mol. The molecular formula is C22H24N6O. The number of aromatic nitrogens is 4. The van der Waals surface area contributed by atoms with Crippen LogP contribution in [0.4, 0.5) is 11.6 Å². The van der Waals surface area contributed by atoms with Gasteiger partial charge in [-0.1, -0.05) is 47.5 Å². The van der Waals surface area contributed by atoms with Gasteiger partial charge in [0.05, 0.1) is 12.2 Å². The summed E-state index contributed by atoms with van der Waals surface area (Å²) in [5.74, 6) is 0.857. The summed E-state index contributed by atoms with van der Waals surface area (Å²) in [6.45, 7) is 7.24. The lowest BCUT2D eigenvalue weighted by molar-refractivity contribution is 0.874. The first-order valence-corrected chi connectivity index (χ1v) is 9.57. The van der Waals surface area contributed by atoms with Crippen LogP contribution in [-0.2, 0) is 13.1 Å². The molecule has 2 aromatic heterocycles. The van der Waals surface area contributed by atoms with Crippen molar-refractivity contribution >= 4 is 17.4 Å². The third kappa shape index (κ3) is 4.29. The summed E-state index contributed by atoms with van der Waals surface area (Å²) < 4.78 is 1.35. The molecule has 0 spiro atoms. The molecule has 29 heavy (non-hydrogen) atoms. The van der Waals surface area contributed by atoms with Crippen LogP contribution in [-0.4, -0.2) is 19.6 Å². The molecule has 2 heterocycles. The fourth-order valence-electron chi connectivity index (χ4n) is 3.19. The summed E-state index contributed by atoms with van der Waals surface area (Å²) in [6.07, 6.45) is 0. The molecule has 7 nitrogen and oxygen atoms in total. The minimum absolute atomic E-state index is 0.191. The lowest BCUT2D eigenvalue weighted by atomic mass is 10.1. The van der Waals surface area contributed by atoms with Crippen LogP contribution in [0.1, 0.15) is 27.9 Å². The number of nitrogens with one attached hydrogen (secondary N) is 3. The molecule has 0 fully saturated rings. The van der Waals surface area contributed by atoms with Gasteiger partial charge >= 0.3 is 0 Å². The molecule has 0 aliphatic rings. The number of benzene rings is 2. The minimum atomic E-state index is -0.191. The fraction of sp³-hybridized carbons (Fsp3) is 0.227. The third-order valence-corrected chi connectivity index (χ3v) is 4.81. The molecule has 4 aromatic rings. The zero-order valence-corrected chi connectivity index (χ0v) is 16.8. The van der Waals surface area contributed by atoms with Crippen molar-refractivity contribution in [3.8, 4) is 0 Å². The Bertz CT molecular complexity index is 1210. The van der Waals surface area contributed by atoms with E-state index in [9.17, 15) is 4.79 Å². The van der Waals surface area contributed by atoms with Gasteiger partial charge in [-0.15, -0.1) is 0 Å². The molecule has 0 saturated heterocycles. The first kappa shape index (κ1) is 18.7. The van der Waals surface area contributed by atoms with Gasteiger partial charge < -0.3 is 10.6 Å². The van der Waals surface area contributed by atoms with E-state index in [0.29, 0.717) is 30.5 Å². The van der Waals surface area contributed by atoms with Gasteiger partial charge in [-0.25, -0.2) is 4.98 Å². The van der Waals surface area contributed by atoms with Crippen LogP contribution in [0, 0.1) is 20.8 Å². The highest BCUT2D eigenvalue weighted by Gasteiger charge is 2.08. The number of anilines is 2. The second-order valence-corrected chi connectivity index (χ2v) is 7.30. The van der Waals surface area contributed by atoms with Gasteiger partial charge in [-0.05, 0) is 38.0 Å². The fourth-order valence-corrected chi connectivity index (χ4v) is 3.19. The van der Waals surface area contributed by atoms with Crippen molar-refractivity contribution in [2.45, 2.75) is 33.9 Å². The van der Waals surface area contributed by atoms with Crippen molar-refractivity contribution in [2.24, 2.45) is 0 Å². The van der Waals surface area contributed by atoms with Gasteiger partial charge in [0, 0.05) is 18.3 Å². The van der Waals surface area contributed by atoms with E-state index in [1.165, 1.54) is 21.7 Å². The average molecular weight is 388 g/mol. The topological polar surface area (TPSA) is 87.1 Å². The van der Waals surface area contributed by atoms with E-state index in [4.69, 9.17) is 0 Å². The van der Waals surface area contributed by atoms with E-state index in [1.807, 2.05) is 6.07 Å².